The number of likely N-dealkylation sites (tertiary alicyclic amines) is 1. The second-order valence-corrected chi connectivity index (χ2v) is 8.79. The zero-order chi connectivity index (χ0) is 22.9. The number of amides is 2. The molecule has 4 atom stereocenters. The van der Waals surface area contributed by atoms with Crippen LogP contribution in [-0.4, -0.2) is 59.6 Å². The minimum atomic E-state index is -0.492. The number of aliphatic hydroxyl groups is 1. The normalized spacial score (nSPS) is 27.2. The predicted octanol–water partition coefficient (Wildman–Crippen LogP) is 2.23. The topological polar surface area (TPSA) is 95.9 Å². The molecule has 0 spiro atoms. The zero-order valence-electron chi connectivity index (χ0n) is 18.7. The summed E-state index contributed by atoms with van der Waals surface area (Å²) in [7, 11) is 0. The van der Waals surface area contributed by atoms with Gasteiger partial charge in [-0.05, 0) is 44.6 Å². The fourth-order valence-corrected chi connectivity index (χ4v) is 4.37. The summed E-state index contributed by atoms with van der Waals surface area (Å²) >= 11 is 0. The van der Waals surface area contributed by atoms with Crippen LogP contribution in [0.3, 0.4) is 0 Å². The predicted molar refractivity (Wildman–Crippen MR) is 121 cm³/mol. The van der Waals surface area contributed by atoms with Crippen molar-refractivity contribution in [3.8, 4) is 0 Å². The Morgan fingerprint density at radius 2 is 1.88 bits per heavy atom. The SMILES string of the molecule is C[C@H]1CNC(=O)[C@@H](CC(=O)N2CCC[C@H]2CO)CC=CC[C@@H](Cc2ccccc2)C(=O)O1. The summed E-state index contributed by atoms with van der Waals surface area (Å²) in [5.74, 6) is -1.37. The Morgan fingerprint density at radius 3 is 2.59 bits per heavy atom. The van der Waals surface area contributed by atoms with Gasteiger partial charge in [0.1, 0.15) is 6.10 Å². The molecule has 1 aromatic rings. The van der Waals surface area contributed by atoms with E-state index in [2.05, 4.69) is 5.32 Å². The number of allylic oxidation sites excluding steroid dienone is 2. The smallest absolute Gasteiger partial charge is 0.309 e. The highest BCUT2D eigenvalue weighted by Gasteiger charge is 2.31. The monoisotopic (exact) mass is 442 g/mol. The average Bonchev–Trinajstić information content (AvgIpc) is 3.27. The lowest BCUT2D eigenvalue weighted by molar-refractivity contribution is -0.153. The standard InChI is InChI=1S/C25H34N2O5/c1-18-16-26-24(30)20(15-23(29)27-13-7-12-22(27)17-28)10-5-6-11-21(25(31)32-18)14-19-8-3-2-4-9-19/h2-6,8-9,18,20-22,28H,7,10-17H2,1H3,(H,26,30)/t18-,20+,21-,22-/m0/s1. The number of nitrogens with one attached hydrogen (secondary N) is 1. The third-order valence-electron chi connectivity index (χ3n) is 6.25. The Morgan fingerprint density at radius 1 is 1.16 bits per heavy atom. The number of ether oxygens (including phenoxy) is 1. The average molecular weight is 443 g/mol. The number of hydrogen-bond donors (Lipinski definition) is 2. The van der Waals surface area contributed by atoms with Crippen molar-refractivity contribution in [1.82, 2.24) is 10.2 Å². The van der Waals surface area contributed by atoms with Crippen molar-refractivity contribution in [2.24, 2.45) is 11.8 Å². The Bertz CT molecular complexity index is 810. The van der Waals surface area contributed by atoms with E-state index in [0.29, 0.717) is 25.8 Å². The third kappa shape index (κ3) is 6.66. The van der Waals surface area contributed by atoms with E-state index >= 15 is 0 Å². The first-order valence-electron chi connectivity index (χ1n) is 11.6. The second-order valence-electron chi connectivity index (χ2n) is 8.79. The van der Waals surface area contributed by atoms with Gasteiger partial charge in [-0.25, -0.2) is 0 Å². The van der Waals surface area contributed by atoms with Crippen LogP contribution in [0.25, 0.3) is 0 Å². The van der Waals surface area contributed by atoms with Crippen molar-refractivity contribution in [2.45, 2.75) is 57.6 Å². The highest BCUT2D eigenvalue weighted by molar-refractivity contribution is 5.86. The highest BCUT2D eigenvalue weighted by Crippen LogP contribution is 2.22. The molecule has 2 aliphatic rings. The van der Waals surface area contributed by atoms with Crippen LogP contribution in [0.15, 0.2) is 42.5 Å². The first-order chi connectivity index (χ1) is 15.5. The first kappa shape index (κ1) is 24.0. The molecule has 2 amide bonds. The van der Waals surface area contributed by atoms with Crippen LogP contribution in [0, 0.1) is 11.8 Å². The molecule has 1 aromatic carbocycles. The molecule has 0 bridgehead atoms. The van der Waals surface area contributed by atoms with Crippen molar-refractivity contribution < 1.29 is 24.2 Å². The Hall–Kier alpha value is -2.67. The van der Waals surface area contributed by atoms with E-state index in [4.69, 9.17) is 4.74 Å². The number of benzene rings is 1. The van der Waals surface area contributed by atoms with Gasteiger partial charge in [-0.15, -0.1) is 0 Å². The second kappa shape index (κ2) is 11.8. The van der Waals surface area contributed by atoms with Gasteiger partial charge in [-0.3, -0.25) is 14.4 Å². The van der Waals surface area contributed by atoms with Gasteiger partial charge >= 0.3 is 5.97 Å². The van der Waals surface area contributed by atoms with Gasteiger partial charge in [-0.1, -0.05) is 42.5 Å². The van der Waals surface area contributed by atoms with Crippen molar-refractivity contribution in [3.63, 3.8) is 0 Å². The fourth-order valence-electron chi connectivity index (χ4n) is 4.37. The minimum Gasteiger partial charge on any atom is -0.461 e. The number of rotatable bonds is 5. The maximum absolute atomic E-state index is 12.8. The molecule has 3 rings (SSSR count). The summed E-state index contributed by atoms with van der Waals surface area (Å²) in [5.41, 5.74) is 1.07. The molecule has 0 radical (unpaired) electrons. The van der Waals surface area contributed by atoms with Gasteiger partial charge in [0.2, 0.25) is 11.8 Å². The molecule has 7 heteroatoms. The van der Waals surface area contributed by atoms with Crippen LogP contribution < -0.4 is 5.32 Å². The van der Waals surface area contributed by atoms with E-state index in [1.807, 2.05) is 42.5 Å². The van der Waals surface area contributed by atoms with Crippen molar-refractivity contribution in [2.75, 3.05) is 19.7 Å². The summed E-state index contributed by atoms with van der Waals surface area (Å²) in [6.07, 6.45) is 6.65. The lowest BCUT2D eigenvalue weighted by Crippen LogP contribution is -2.42. The van der Waals surface area contributed by atoms with Crippen molar-refractivity contribution >= 4 is 17.8 Å². The molecular weight excluding hydrogens is 408 g/mol. The Labute approximate surface area is 189 Å². The largest absolute Gasteiger partial charge is 0.461 e. The molecule has 2 aliphatic heterocycles. The van der Waals surface area contributed by atoms with Crippen molar-refractivity contribution in [3.05, 3.63) is 48.0 Å². The highest BCUT2D eigenvalue weighted by atomic mass is 16.5. The van der Waals surface area contributed by atoms with Crippen LogP contribution in [0.5, 0.6) is 0 Å². The summed E-state index contributed by atoms with van der Waals surface area (Å²) in [6.45, 7) is 2.55. The van der Waals surface area contributed by atoms with E-state index in [9.17, 15) is 19.5 Å². The number of carbonyl (C=O) groups excluding carboxylic acids is 3. The lowest BCUT2D eigenvalue weighted by atomic mass is 9.94. The quantitative estimate of drug-likeness (QED) is 0.539. The van der Waals surface area contributed by atoms with Crippen LogP contribution in [0.4, 0.5) is 0 Å². The maximum atomic E-state index is 12.8. The summed E-state index contributed by atoms with van der Waals surface area (Å²) in [6, 6.07) is 9.69. The van der Waals surface area contributed by atoms with E-state index in [0.717, 1.165) is 18.4 Å². The van der Waals surface area contributed by atoms with Gasteiger partial charge in [-0.2, -0.15) is 0 Å². The minimum absolute atomic E-state index is 0.0474. The van der Waals surface area contributed by atoms with E-state index in [1.54, 1.807) is 11.8 Å². The number of carbonyl (C=O) groups is 3. The van der Waals surface area contributed by atoms with E-state index in [-0.39, 0.29) is 49.3 Å². The fraction of sp³-hybridized carbons (Fsp3) is 0.560. The summed E-state index contributed by atoms with van der Waals surface area (Å²) < 4.78 is 5.59. The number of cyclic esters (lactones) is 1. The van der Waals surface area contributed by atoms with Gasteiger partial charge < -0.3 is 20.1 Å². The van der Waals surface area contributed by atoms with Crippen LogP contribution in [0.2, 0.25) is 0 Å². The molecule has 32 heavy (non-hydrogen) atoms. The molecule has 1 saturated heterocycles. The first-order valence-corrected chi connectivity index (χ1v) is 11.6. The van der Waals surface area contributed by atoms with Crippen LogP contribution >= 0.6 is 0 Å². The van der Waals surface area contributed by atoms with Crippen LogP contribution in [0.1, 0.15) is 44.6 Å². The number of aliphatic hydroxyl groups excluding tert-OH is 1. The number of nitrogens with zero attached hydrogens (tertiary/aromatic N) is 1. The van der Waals surface area contributed by atoms with E-state index in [1.165, 1.54) is 0 Å². The molecule has 0 aliphatic carbocycles. The summed E-state index contributed by atoms with van der Waals surface area (Å²) in [5, 5.41) is 12.3. The lowest BCUT2D eigenvalue weighted by Gasteiger charge is -2.26. The molecule has 2 heterocycles. The molecule has 1 fully saturated rings. The number of esters is 1. The molecule has 174 valence electrons. The maximum Gasteiger partial charge on any atom is 0.309 e. The zero-order valence-corrected chi connectivity index (χ0v) is 18.7. The molecule has 0 unspecified atom stereocenters. The Balaban J connectivity index is 1.68. The Kier molecular flexibility index (Phi) is 8.85. The van der Waals surface area contributed by atoms with Crippen LogP contribution in [-0.2, 0) is 25.5 Å². The van der Waals surface area contributed by atoms with Crippen molar-refractivity contribution in [1.29, 1.82) is 0 Å². The molecule has 7 nitrogen and oxygen atoms in total. The molecule has 2 N–H and O–H groups in total. The molecule has 0 aromatic heterocycles. The molecular formula is C25H34N2O5. The third-order valence-corrected chi connectivity index (χ3v) is 6.25. The summed E-state index contributed by atoms with van der Waals surface area (Å²) in [4.78, 5) is 40.0. The number of hydrogen-bond acceptors (Lipinski definition) is 5. The molecule has 0 saturated carbocycles. The van der Waals surface area contributed by atoms with Gasteiger partial charge in [0.15, 0.2) is 0 Å². The van der Waals surface area contributed by atoms with Gasteiger partial charge in [0.25, 0.3) is 0 Å². The van der Waals surface area contributed by atoms with E-state index < -0.39 is 12.0 Å². The van der Waals surface area contributed by atoms with Gasteiger partial charge in [0, 0.05) is 13.0 Å². The van der Waals surface area contributed by atoms with Gasteiger partial charge in [0.05, 0.1) is 31.0 Å².